The second-order valence-electron chi connectivity index (χ2n) is 7.09. The van der Waals surface area contributed by atoms with Gasteiger partial charge in [0.25, 0.3) is 11.8 Å². The molecule has 0 saturated carbocycles. The van der Waals surface area contributed by atoms with Gasteiger partial charge in [0, 0.05) is 43.3 Å². The van der Waals surface area contributed by atoms with E-state index in [0.717, 1.165) is 4.88 Å². The van der Waals surface area contributed by atoms with Gasteiger partial charge in [-0.2, -0.15) is 0 Å². The van der Waals surface area contributed by atoms with Crippen LogP contribution in [0.3, 0.4) is 0 Å². The number of hydrogen-bond acceptors (Lipinski definition) is 4. The van der Waals surface area contributed by atoms with E-state index in [9.17, 15) is 14.4 Å². The highest BCUT2D eigenvalue weighted by molar-refractivity contribution is 7.12. The van der Waals surface area contributed by atoms with E-state index in [1.165, 1.54) is 11.3 Å². The maximum Gasteiger partial charge on any atom is 0.263 e. The minimum absolute atomic E-state index is 0.00402. The van der Waals surface area contributed by atoms with Crippen LogP contribution in [-0.4, -0.2) is 53.7 Å². The first-order chi connectivity index (χ1) is 14.0. The maximum atomic E-state index is 12.6. The molecule has 6 nitrogen and oxygen atoms in total. The van der Waals surface area contributed by atoms with Crippen LogP contribution >= 0.6 is 11.3 Å². The van der Waals surface area contributed by atoms with E-state index in [0.29, 0.717) is 50.3 Å². The van der Waals surface area contributed by atoms with Crippen molar-refractivity contribution in [2.24, 2.45) is 5.92 Å². The summed E-state index contributed by atoms with van der Waals surface area (Å²) in [6, 6.07) is 10.7. The fourth-order valence-corrected chi connectivity index (χ4v) is 4.23. The molecule has 1 aliphatic rings. The van der Waals surface area contributed by atoms with Gasteiger partial charge >= 0.3 is 0 Å². The van der Waals surface area contributed by atoms with E-state index in [2.05, 4.69) is 5.32 Å². The van der Waals surface area contributed by atoms with Gasteiger partial charge in [0.15, 0.2) is 0 Å². The second-order valence-corrected chi connectivity index (χ2v) is 8.04. The number of piperidine rings is 1. The zero-order valence-electron chi connectivity index (χ0n) is 16.9. The zero-order valence-corrected chi connectivity index (χ0v) is 17.7. The summed E-state index contributed by atoms with van der Waals surface area (Å²) in [6.07, 6.45) is 1.31. The topological polar surface area (TPSA) is 69.7 Å². The molecule has 29 heavy (non-hydrogen) atoms. The first-order valence-corrected chi connectivity index (χ1v) is 10.9. The Morgan fingerprint density at radius 2 is 1.72 bits per heavy atom. The molecular formula is C22H27N3O3S. The largest absolute Gasteiger partial charge is 0.339 e. The van der Waals surface area contributed by atoms with Crippen molar-refractivity contribution in [1.82, 2.24) is 9.80 Å². The van der Waals surface area contributed by atoms with Crippen LogP contribution in [0.15, 0.2) is 41.8 Å². The van der Waals surface area contributed by atoms with E-state index >= 15 is 0 Å². The molecule has 1 saturated heterocycles. The Bertz CT molecular complexity index is 837. The second kappa shape index (κ2) is 9.69. The first kappa shape index (κ1) is 21.0. The average Bonchev–Trinajstić information content (AvgIpc) is 3.29. The molecule has 1 fully saturated rings. The van der Waals surface area contributed by atoms with Gasteiger partial charge in [-0.15, -0.1) is 11.3 Å². The molecule has 0 radical (unpaired) electrons. The lowest BCUT2D eigenvalue weighted by molar-refractivity contribution is -0.121. The Hall–Kier alpha value is -2.67. The molecule has 0 unspecified atom stereocenters. The molecule has 7 heteroatoms. The maximum absolute atomic E-state index is 12.6. The highest BCUT2D eigenvalue weighted by Crippen LogP contribution is 2.22. The van der Waals surface area contributed by atoms with Crippen LogP contribution in [0.1, 0.15) is 46.7 Å². The third kappa shape index (κ3) is 5.03. The monoisotopic (exact) mass is 413 g/mol. The summed E-state index contributed by atoms with van der Waals surface area (Å²) in [5.74, 6) is -0.0987. The number of nitrogens with one attached hydrogen (secondary N) is 1. The van der Waals surface area contributed by atoms with Crippen LogP contribution in [-0.2, 0) is 4.79 Å². The lowest BCUT2D eigenvalue weighted by Gasteiger charge is -2.31. The summed E-state index contributed by atoms with van der Waals surface area (Å²) in [5, 5.41) is 4.84. The number of carbonyl (C=O) groups excluding carboxylic acids is 3. The summed E-state index contributed by atoms with van der Waals surface area (Å²) in [6.45, 7) is 6.42. The number of likely N-dealkylation sites (tertiary alicyclic amines) is 1. The van der Waals surface area contributed by atoms with Gasteiger partial charge < -0.3 is 15.1 Å². The van der Waals surface area contributed by atoms with Crippen molar-refractivity contribution in [3.05, 3.63) is 52.2 Å². The van der Waals surface area contributed by atoms with Crippen molar-refractivity contribution in [3.8, 4) is 0 Å². The number of thiophene rings is 1. The number of anilines is 1. The smallest absolute Gasteiger partial charge is 0.263 e. The third-order valence-electron chi connectivity index (χ3n) is 5.33. The van der Waals surface area contributed by atoms with Gasteiger partial charge in [-0.25, -0.2) is 0 Å². The first-order valence-electron chi connectivity index (χ1n) is 10.1. The number of rotatable bonds is 6. The molecule has 1 aromatic heterocycles. The van der Waals surface area contributed by atoms with Gasteiger partial charge in [0.1, 0.15) is 0 Å². The SMILES string of the molecule is CCN(CC)C(=O)c1ccc(NC(=O)C2CCN(C(=O)c3cccs3)CC2)cc1. The minimum atomic E-state index is -0.112. The Morgan fingerprint density at radius 3 is 2.28 bits per heavy atom. The molecule has 0 aliphatic carbocycles. The summed E-state index contributed by atoms with van der Waals surface area (Å²) in [4.78, 5) is 41.7. The van der Waals surface area contributed by atoms with Crippen molar-refractivity contribution in [2.45, 2.75) is 26.7 Å². The quantitative estimate of drug-likeness (QED) is 0.785. The van der Waals surface area contributed by atoms with Crippen LogP contribution in [0.5, 0.6) is 0 Å². The van der Waals surface area contributed by atoms with Crippen LogP contribution in [0.4, 0.5) is 5.69 Å². The Morgan fingerprint density at radius 1 is 1.07 bits per heavy atom. The van der Waals surface area contributed by atoms with E-state index < -0.39 is 0 Å². The molecule has 2 aromatic rings. The number of nitrogens with zero attached hydrogens (tertiary/aromatic N) is 2. The molecule has 154 valence electrons. The molecular weight excluding hydrogens is 386 g/mol. The Labute approximate surface area is 175 Å². The van der Waals surface area contributed by atoms with Crippen molar-refractivity contribution < 1.29 is 14.4 Å². The van der Waals surface area contributed by atoms with Gasteiger partial charge in [-0.05, 0) is 62.4 Å². The van der Waals surface area contributed by atoms with E-state index in [1.54, 1.807) is 29.2 Å². The molecule has 0 atom stereocenters. The van der Waals surface area contributed by atoms with Crippen LogP contribution in [0, 0.1) is 5.92 Å². The van der Waals surface area contributed by atoms with E-state index in [4.69, 9.17) is 0 Å². The molecule has 3 rings (SSSR count). The zero-order chi connectivity index (χ0) is 20.8. The summed E-state index contributed by atoms with van der Waals surface area (Å²) < 4.78 is 0. The fourth-order valence-electron chi connectivity index (χ4n) is 3.53. The molecule has 3 amide bonds. The summed E-state index contributed by atoms with van der Waals surface area (Å²) in [5.41, 5.74) is 1.30. The highest BCUT2D eigenvalue weighted by atomic mass is 32.1. The van der Waals surface area contributed by atoms with Gasteiger partial charge in [0.05, 0.1) is 4.88 Å². The van der Waals surface area contributed by atoms with Crippen LogP contribution < -0.4 is 5.32 Å². The molecule has 1 N–H and O–H groups in total. The molecule has 0 bridgehead atoms. The average molecular weight is 414 g/mol. The predicted octanol–water partition coefficient (Wildman–Crippen LogP) is 3.72. The number of carbonyl (C=O) groups is 3. The van der Waals surface area contributed by atoms with Crippen LogP contribution in [0.25, 0.3) is 0 Å². The standard InChI is InChI=1S/C22H27N3O3S/c1-3-24(4-2)21(27)17-7-9-18(10-8-17)23-20(26)16-11-13-25(14-12-16)22(28)19-6-5-15-29-19/h5-10,15-16H,3-4,11-14H2,1-2H3,(H,23,26). The predicted molar refractivity (Wildman–Crippen MR) is 115 cm³/mol. The van der Waals surface area contributed by atoms with Gasteiger partial charge in [0.2, 0.25) is 5.91 Å². The molecule has 1 aliphatic heterocycles. The van der Waals surface area contributed by atoms with Crippen molar-refractivity contribution >= 4 is 34.7 Å². The Balaban J connectivity index is 1.52. The molecule has 1 aromatic carbocycles. The van der Waals surface area contributed by atoms with Crippen molar-refractivity contribution in [1.29, 1.82) is 0 Å². The van der Waals surface area contributed by atoms with E-state index in [1.807, 2.05) is 36.3 Å². The third-order valence-corrected chi connectivity index (χ3v) is 6.19. The normalized spacial score (nSPS) is 14.5. The molecule has 2 heterocycles. The van der Waals surface area contributed by atoms with Gasteiger partial charge in [-0.3, -0.25) is 14.4 Å². The highest BCUT2D eigenvalue weighted by Gasteiger charge is 2.28. The fraction of sp³-hybridized carbons (Fsp3) is 0.409. The van der Waals surface area contributed by atoms with Gasteiger partial charge in [-0.1, -0.05) is 6.07 Å². The lowest BCUT2D eigenvalue weighted by Crippen LogP contribution is -2.41. The molecule has 0 spiro atoms. The number of amides is 3. The van der Waals surface area contributed by atoms with Crippen molar-refractivity contribution in [3.63, 3.8) is 0 Å². The summed E-state index contributed by atoms with van der Waals surface area (Å²) in [7, 11) is 0. The van der Waals surface area contributed by atoms with Crippen molar-refractivity contribution in [2.75, 3.05) is 31.5 Å². The van der Waals surface area contributed by atoms with E-state index in [-0.39, 0.29) is 23.6 Å². The lowest BCUT2D eigenvalue weighted by atomic mass is 9.95. The summed E-state index contributed by atoms with van der Waals surface area (Å²) >= 11 is 1.44. The minimum Gasteiger partial charge on any atom is -0.339 e. The van der Waals surface area contributed by atoms with Crippen LogP contribution in [0.2, 0.25) is 0 Å². The number of benzene rings is 1. The Kier molecular flexibility index (Phi) is 7.04. The number of hydrogen-bond donors (Lipinski definition) is 1.